The fourth-order valence-corrected chi connectivity index (χ4v) is 0.177. The summed E-state index contributed by atoms with van der Waals surface area (Å²) in [7, 11) is 1.63. The van der Waals surface area contributed by atoms with Gasteiger partial charge >= 0.3 is 0 Å². The molecule has 0 aromatic heterocycles. The van der Waals surface area contributed by atoms with E-state index in [1.807, 2.05) is 6.92 Å². The van der Waals surface area contributed by atoms with E-state index in [4.69, 9.17) is 0 Å². The third-order valence-electron chi connectivity index (χ3n) is 0.600. The van der Waals surface area contributed by atoms with Crippen molar-refractivity contribution in [2.45, 2.75) is 28.2 Å². The van der Waals surface area contributed by atoms with Crippen molar-refractivity contribution in [3.8, 4) is 0 Å². The van der Waals surface area contributed by atoms with Crippen molar-refractivity contribution in [2.75, 3.05) is 7.05 Å². The molecule has 8 heavy (non-hydrogen) atoms. The lowest BCUT2D eigenvalue weighted by Crippen LogP contribution is -2.15. The normalized spacial score (nSPS) is 5.75. The van der Waals surface area contributed by atoms with Gasteiger partial charge in [0.2, 0.25) is 5.91 Å². The van der Waals surface area contributed by atoms with Crippen molar-refractivity contribution in [2.24, 2.45) is 0 Å². The highest BCUT2D eigenvalue weighted by atomic mass is 16.1. The van der Waals surface area contributed by atoms with Gasteiger partial charge in [-0.25, -0.2) is 0 Å². The van der Waals surface area contributed by atoms with Crippen molar-refractivity contribution in [3.05, 3.63) is 0 Å². The number of nitrogens with one attached hydrogen (secondary N) is 1. The molecule has 0 saturated carbocycles. The zero-order chi connectivity index (χ0) is 4.99. The van der Waals surface area contributed by atoms with E-state index in [0.717, 1.165) is 0 Å². The second-order valence-electron chi connectivity index (χ2n) is 1.03. The third-order valence-corrected chi connectivity index (χ3v) is 0.600. The molecule has 2 nitrogen and oxygen atoms in total. The Kier molecular flexibility index (Phi) is 19.0. The third kappa shape index (κ3) is 9.08. The van der Waals surface area contributed by atoms with Crippen LogP contribution in [0.3, 0.4) is 0 Å². The van der Waals surface area contributed by atoms with Crippen LogP contribution in [0.15, 0.2) is 0 Å². The predicted octanol–water partition coefficient (Wildman–Crippen LogP) is 1.41. The highest BCUT2D eigenvalue weighted by molar-refractivity contribution is 5.74. The molecule has 0 radical (unpaired) electrons. The van der Waals surface area contributed by atoms with Gasteiger partial charge in [0, 0.05) is 13.5 Å². The molecule has 2 heteroatoms. The number of hydrogen-bond acceptors (Lipinski definition) is 1. The fourth-order valence-electron chi connectivity index (χ4n) is 0.177. The molecule has 0 fully saturated rings. The van der Waals surface area contributed by atoms with Crippen molar-refractivity contribution in [3.63, 3.8) is 0 Å². The standard InChI is InChI=1S/C4H9NO.2CH4/c1-3-4(6)5-2;;/h3H2,1-2H3,(H,5,6);2*1H4. The Balaban J connectivity index is -0.000000125. The molecule has 1 amide bonds. The van der Waals surface area contributed by atoms with Crippen LogP contribution in [0.25, 0.3) is 0 Å². The summed E-state index contributed by atoms with van der Waals surface area (Å²) in [5.41, 5.74) is 0. The molecule has 0 atom stereocenters. The maximum absolute atomic E-state index is 10.1. The Bertz CT molecular complexity index is 46.5. The van der Waals surface area contributed by atoms with E-state index >= 15 is 0 Å². The molecular formula is C6H17NO. The predicted molar refractivity (Wildman–Crippen MR) is 37.8 cm³/mol. The van der Waals surface area contributed by atoms with Gasteiger partial charge in [-0.15, -0.1) is 0 Å². The summed E-state index contributed by atoms with van der Waals surface area (Å²) in [6, 6.07) is 0. The molecule has 0 aromatic carbocycles. The van der Waals surface area contributed by atoms with E-state index in [0.29, 0.717) is 6.42 Å². The van der Waals surface area contributed by atoms with Gasteiger partial charge in [-0.1, -0.05) is 21.8 Å². The van der Waals surface area contributed by atoms with Crippen molar-refractivity contribution in [1.82, 2.24) is 5.32 Å². The van der Waals surface area contributed by atoms with Gasteiger partial charge in [0.25, 0.3) is 0 Å². The van der Waals surface area contributed by atoms with Crippen LogP contribution < -0.4 is 5.32 Å². The molecule has 0 heterocycles. The van der Waals surface area contributed by atoms with Crippen molar-refractivity contribution in [1.29, 1.82) is 0 Å². The second kappa shape index (κ2) is 9.69. The Hall–Kier alpha value is -0.530. The average molecular weight is 119 g/mol. The summed E-state index contributed by atoms with van der Waals surface area (Å²) in [5.74, 6) is 0.0926. The van der Waals surface area contributed by atoms with Crippen LogP contribution >= 0.6 is 0 Å². The Labute approximate surface area is 52.3 Å². The van der Waals surface area contributed by atoms with E-state index in [1.165, 1.54) is 0 Å². The molecule has 0 bridgehead atoms. The SMILES string of the molecule is C.C.CCC(=O)NC. The number of amides is 1. The molecule has 52 valence electrons. The van der Waals surface area contributed by atoms with Gasteiger partial charge in [0.15, 0.2) is 0 Å². The van der Waals surface area contributed by atoms with Gasteiger partial charge in [-0.05, 0) is 0 Å². The molecule has 0 aliphatic rings. The first-order valence-electron chi connectivity index (χ1n) is 2.01. The molecule has 0 aliphatic carbocycles. The lowest BCUT2D eigenvalue weighted by atomic mass is 10.5. The van der Waals surface area contributed by atoms with Crippen LogP contribution in [0, 0.1) is 0 Å². The summed E-state index contributed by atoms with van der Waals surface area (Å²) in [4.78, 5) is 10.1. The maximum atomic E-state index is 10.1. The van der Waals surface area contributed by atoms with Crippen LogP contribution in [-0.2, 0) is 4.79 Å². The van der Waals surface area contributed by atoms with Crippen molar-refractivity contribution < 1.29 is 4.79 Å². The monoisotopic (exact) mass is 119 g/mol. The number of rotatable bonds is 1. The lowest BCUT2D eigenvalue weighted by Gasteiger charge is -1.87. The van der Waals surface area contributed by atoms with E-state index in [9.17, 15) is 4.79 Å². The molecule has 0 aliphatic heterocycles. The van der Waals surface area contributed by atoms with Gasteiger partial charge in [-0.2, -0.15) is 0 Å². The topological polar surface area (TPSA) is 29.1 Å². The quantitative estimate of drug-likeness (QED) is 0.555. The largest absolute Gasteiger partial charge is 0.359 e. The van der Waals surface area contributed by atoms with E-state index < -0.39 is 0 Å². The van der Waals surface area contributed by atoms with Gasteiger partial charge < -0.3 is 5.32 Å². The maximum Gasteiger partial charge on any atom is 0.219 e. The Morgan fingerprint density at radius 1 is 1.50 bits per heavy atom. The zero-order valence-electron chi connectivity index (χ0n) is 4.12. The minimum atomic E-state index is 0. The highest BCUT2D eigenvalue weighted by Gasteiger charge is 1.84. The molecule has 0 spiro atoms. The first-order valence-corrected chi connectivity index (χ1v) is 2.01. The summed E-state index contributed by atoms with van der Waals surface area (Å²) < 4.78 is 0. The summed E-state index contributed by atoms with van der Waals surface area (Å²) in [6.07, 6.45) is 0.580. The first-order chi connectivity index (χ1) is 2.81. The lowest BCUT2D eigenvalue weighted by molar-refractivity contribution is -0.120. The Morgan fingerprint density at radius 2 is 1.88 bits per heavy atom. The first kappa shape index (κ1) is 15.6. The van der Waals surface area contributed by atoms with Crippen LogP contribution in [0.1, 0.15) is 28.2 Å². The zero-order valence-corrected chi connectivity index (χ0v) is 4.12. The smallest absolute Gasteiger partial charge is 0.219 e. The summed E-state index contributed by atoms with van der Waals surface area (Å²) >= 11 is 0. The number of hydrogen-bond donors (Lipinski definition) is 1. The average Bonchev–Trinajstić information content (AvgIpc) is 1.65. The van der Waals surface area contributed by atoms with Crippen LogP contribution in [0.2, 0.25) is 0 Å². The van der Waals surface area contributed by atoms with Crippen LogP contribution in [0.5, 0.6) is 0 Å². The van der Waals surface area contributed by atoms with Gasteiger partial charge in [0.1, 0.15) is 0 Å². The highest BCUT2D eigenvalue weighted by Crippen LogP contribution is 1.68. The van der Waals surface area contributed by atoms with Crippen LogP contribution in [-0.4, -0.2) is 13.0 Å². The molecule has 0 unspecified atom stereocenters. The molecule has 0 saturated heterocycles. The minimum Gasteiger partial charge on any atom is -0.359 e. The summed E-state index contributed by atoms with van der Waals surface area (Å²) in [5, 5.41) is 2.48. The Morgan fingerprint density at radius 3 is 1.88 bits per heavy atom. The molecule has 0 rings (SSSR count). The van der Waals surface area contributed by atoms with Gasteiger partial charge in [0.05, 0.1) is 0 Å². The fraction of sp³-hybridized carbons (Fsp3) is 0.833. The second-order valence-corrected chi connectivity index (χ2v) is 1.03. The molecule has 1 N–H and O–H groups in total. The van der Waals surface area contributed by atoms with Crippen molar-refractivity contribution >= 4 is 5.91 Å². The van der Waals surface area contributed by atoms with E-state index in [-0.39, 0.29) is 20.8 Å². The number of carbonyl (C=O) groups is 1. The minimum absolute atomic E-state index is 0. The van der Waals surface area contributed by atoms with E-state index in [1.54, 1.807) is 7.05 Å². The van der Waals surface area contributed by atoms with E-state index in [2.05, 4.69) is 5.32 Å². The summed E-state index contributed by atoms with van der Waals surface area (Å²) in [6.45, 7) is 1.82. The van der Waals surface area contributed by atoms with Gasteiger partial charge in [-0.3, -0.25) is 4.79 Å². The molecular weight excluding hydrogens is 102 g/mol. The number of carbonyl (C=O) groups excluding carboxylic acids is 1. The van der Waals surface area contributed by atoms with Crippen LogP contribution in [0.4, 0.5) is 0 Å². The molecule has 0 aromatic rings.